The monoisotopic (exact) mass is 442 g/mol. The van der Waals surface area contributed by atoms with E-state index in [2.05, 4.69) is 36.3 Å². The minimum atomic E-state index is -0.646. The minimum Gasteiger partial charge on any atom is -0.657 e. The summed E-state index contributed by atoms with van der Waals surface area (Å²) in [5.74, 6) is 1.30. The molecular weight excluding hydrogens is 406 g/mol. The van der Waals surface area contributed by atoms with Crippen molar-refractivity contribution in [2.75, 3.05) is 6.54 Å². The highest BCUT2D eigenvalue weighted by molar-refractivity contribution is 5.89. The second-order valence-electron chi connectivity index (χ2n) is 9.86. The number of para-hydroxylation sites is 1. The molecule has 0 saturated carbocycles. The zero-order valence-corrected chi connectivity index (χ0v) is 20.3. The molecule has 0 aliphatic carbocycles. The van der Waals surface area contributed by atoms with Crippen LogP contribution in [0.4, 0.5) is 0 Å². The van der Waals surface area contributed by atoms with E-state index in [4.69, 9.17) is 5.32 Å². The molecule has 1 fully saturated rings. The molecule has 4 rings (SSSR count). The summed E-state index contributed by atoms with van der Waals surface area (Å²) in [5.41, 5.74) is 2.42. The van der Waals surface area contributed by atoms with Crippen molar-refractivity contribution < 1.29 is 4.79 Å². The molecule has 0 spiro atoms. The van der Waals surface area contributed by atoms with Gasteiger partial charge in [0.25, 0.3) is 0 Å². The van der Waals surface area contributed by atoms with Gasteiger partial charge in [-0.1, -0.05) is 87.6 Å². The molecule has 1 aliphatic rings. The molecule has 4 heteroatoms. The third-order valence-corrected chi connectivity index (χ3v) is 7.59. The van der Waals surface area contributed by atoms with Crippen molar-refractivity contribution in [3.8, 4) is 0 Å². The SMILES string of the molecule is CC[C@H]1C[N-][C@@H]([C@H](NC(=O)C(C)(C)c2ccccc2)c2ccnc3ccccc23)C[C@@H]1CC. The van der Waals surface area contributed by atoms with E-state index in [0.717, 1.165) is 47.8 Å². The molecule has 1 amide bonds. The van der Waals surface area contributed by atoms with E-state index in [1.54, 1.807) is 0 Å². The van der Waals surface area contributed by atoms with E-state index in [9.17, 15) is 4.79 Å². The van der Waals surface area contributed by atoms with Crippen LogP contribution in [0.15, 0.2) is 66.9 Å². The van der Waals surface area contributed by atoms with Crippen molar-refractivity contribution in [3.05, 3.63) is 83.3 Å². The number of amides is 1. The van der Waals surface area contributed by atoms with Gasteiger partial charge in [-0.05, 0) is 43.0 Å². The van der Waals surface area contributed by atoms with E-state index in [-0.39, 0.29) is 18.0 Å². The van der Waals surface area contributed by atoms with Gasteiger partial charge < -0.3 is 10.6 Å². The van der Waals surface area contributed by atoms with Crippen molar-refractivity contribution in [2.24, 2.45) is 11.8 Å². The van der Waals surface area contributed by atoms with Gasteiger partial charge in [0.15, 0.2) is 0 Å². The fourth-order valence-corrected chi connectivity index (χ4v) is 5.28. The number of carbonyl (C=O) groups excluding carboxylic acids is 1. The summed E-state index contributed by atoms with van der Waals surface area (Å²) >= 11 is 0. The van der Waals surface area contributed by atoms with Gasteiger partial charge in [-0.2, -0.15) is 0 Å². The number of nitrogens with zero attached hydrogens (tertiary/aromatic N) is 2. The van der Waals surface area contributed by atoms with Crippen LogP contribution in [-0.4, -0.2) is 23.5 Å². The number of hydrogen-bond acceptors (Lipinski definition) is 2. The van der Waals surface area contributed by atoms with Crippen LogP contribution < -0.4 is 5.32 Å². The molecule has 4 nitrogen and oxygen atoms in total. The Bertz CT molecular complexity index is 1070. The fraction of sp³-hybridized carbons (Fsp3) is 0.448. The van der Waals surface area contributed by atoms with E-state index in [1.807, 2.05) is 68.6 Å². The third kappa shape index (κ3) is 4.81. The number of hydrogen-bond donors (Lipinski definition) is 1. The number of carbonyl (C=O) groups is 1. The van der Waals surface area contributed by atoms with Gasteiger partial charge in [0.05, 0.1) is 10.9 Å². The van der Waals surface area contributed by atoms with Crippen molar-refractivity contribution in [1.82, 2.24) is 10.3 Å². The predicted octanol–water partition coefficient (Wildman–Crippen LogP) is 6.57. The van der Waals surface area contributed by atoms with Crippen LogP contribution >= 0.6 is 0 Å². The maximum absolute atomic E-state index is 13.7. The third-order valence-electron chi connectivity index (χ3n) is 7.59. The number of fused-ring (bicyclic) bond motifs is 1. The first-order chi connectivity index (χ1) is 16.0. The van der Waals surface area contributed by atoms with Crippen molar-refractivity contribution in [2.45, 2.75) is 64.5 Å². The molecule has 0 radical (unpaired) electrons. The maximum atomic E-state index is 13.7. The van der Waals surface area contributed by atoms with Crippen LogP contribution in [0, 0.1) is 11.8 Å². The fourth-order valence-electron chi connectivity index (χ4n) is 5.28. The number of nitrogens with one attached hydrogen (secondary N) is 1. The largest absolute Gasteiger partial charge is 0.657 e. The van der Waals surface area contributed by atoms with Gasteiger partial charge in [0.1, 0.15) is 0 Å². The molecule has 0 bridgehead atoms. The Morgan fingerprint density at radius 1 is 1.03 bits per heavy atom. The van der Waals surface area contributed by atoms with E-state index in [1.165, 1.54) is 0 Å². The molecular formula is C29H36N3O-. The summed E-state index contributed by atoms with van der Waals surface area (Å²) in [6.45, 7) is 9.42. The van der Waals surface area contributed by atoms with Crippen LogP contribution in [0.25, 0.3) is 16.2 Å². The standard InChI is InChI=1S/C29H36N3O/c1-5-20-18-26(31-19-21(20)6-2)27(24-16-17-30-25-15-11-10-14-23(24)25)32-28(33)29(3,4)22-12-8-7-9-13-22/h7-17,20-21,26-27H,5-6,18-19H2,1-4H3,(H,32,33)/q-1/t20-,21-,26+,27+/m0/s1. The summed E-state index contributed by atoms with van der Waals surface area (Å²) in [6.07, 6.45) is 5.17. The summed E-state index contributed by atoms with van der Waals surface area (Å²) in [7, 11) is 0. The zero-order valence-electron chi connectivity index (χ0n) is 20.3. The Labute approximate surface area is 198 Å². The predicted molar refractivity (Wildman–Crippen MR) is 136 cm³/mol. The second kappa shape index (κ2) is 10.0. The van der Waals surface area contributed by atoms with Crippen molar-refractivity contribution in [3.63, 3.8) is 0 Å². The topological polar surface area (TPSA) is 56.1 Å². The molecule has 1 aliphatic heterocycles. The molecule has 2 aromatic carbocycles. The number of pyridine rings is 1. The van der Waals surface area contributed by atoms with E-state index < -0.39 is 5.41 Å². The summed E-state index contributed by atoms with van der Waals surface area (Å²) < 4.78 is 0. The lowest BCUT2D eigenvalue weighted by Crippen LogP contribution is -2.47. The van der Waals surface area contributed by atoms with Gasteiger partial charge in [-0.25, -0.2) is 0 Å². The number of benzene rings is 2. The molecule has 1 aromatic heterocycles. The highest BCUT2D eigenvalue weighted by Crippen LogP contribution is 2.40. The van der Waals surface area contributed by atoms with Gasteiger partial charge in [0, 0.05) is 17.6 Å². The van der Waals surface area contributed by atoms with Crippen LogP contribution in [0.2, 0.25) is 0 Å². The van der Waals surface area contributed by atoms with Gasteiger partial charge in [-0.3, -0.25) is 9.78 Å². The second-order valence-corrected chi connectivity index (χ2v) is 9.86. The number of piperidine rings is 1. The van der Waals surface area contributed by atoms with Crippen LogP contribution in [0.5, 0.6) is 0 Å². The average molecular weight is 443 g/mol. The first-order valence-corrected chi connectivity index (χ1v) is 12.3. The summed E-state index contributed by atoms with van der Waals surface area (Å²) in [5, 5.41) is 9.67. The summed E-state index contributed by atoms with van der Waals surface area (Å²) in [4.78, 5) is 18.3. The molecule has 3 aromatic rings. The molecule has 1 N–H and O–H groups in total. The molecule has 4 atom stereocenters. The van der Waals surface area contributed by atoms with Gasteiger partial charge in [-0.15, -0.1) is 12.6 Å². The number of rotatable bonds is 7. The average Bonchev–Trinajstić information content (AvgIpc) is 2.87. The molecule has 0 unspecified atom stereocenters. The van der Waals surface area contributed by atoms with E-state index in [0.29, 0.717) is 11.8 Å². The highest BCUT2D eigenvalue weighted by atomic mass is 16.2. The Kier molecular flexibility index (Phi) is 7.14. The van der Waals surface area contributed by atoms with Crippen LogP contribution in [0.3, 0.4) is 0 Å². The number of aromatic nitrogens is 1. The molecule has 33 heavy (non-hydrogen) atoms. The van der Waals surface area contributed by atoms with Crippen LogP contribution in [0.1, 0.15) is 64.1 Å². The lowest BCUT2D eigenvalue weighted by molar-refractivity contribution is -0.126. The van der Waals surface area contributed by atoms with Gasteiger partial charge >= 0.3 is 0 Å². The maximum Gasteiger partial charge on any atom is 0.230 e. The normalized spacial score (nSPS) is 22.1. The Hall–Kier alpha value is -2.72. The van der Waals surface area contributed by atoms with Crippen molar-refractivity contribution in [1.29, 1.82) is 0 Å². The molecule has 1 saturated heterocycles. The first-order valence-electron chi connectivity index (χ1n) is 12.3. The van der Waals surface area contributed by atoms with E-state index >= 15 is 0 Å². The highest BCUT2D eigenvalue weighted by Gasteiger charge is 2.34. The minimum absolute atomic E-state index is 0.0282. The lowest BCUT2D eigenvalue weighted by Gasteiger charge is -2.50. The smallest absolute Gasteiger partial charge is 0.230 e. The van der Waals surface area contributed by atoms with Gasteiger partial charge in [0.2, 0.25) is 5.91 Å². The molecule has 174 valence electrons. The Balaban J connectivity index is 1.71. The quantitative estimate of drug-likeness (QED) is 0.450. The lowest BCUT2D eigenvalue weighted by atomic mass is 9.76. The Morgan fingerprint density at radius 2 is 1.73 bits per heavy atom. The van der Waals surface area contributed by atoms with Crippen LogP contribution in [-0.2, 0) is 10.2 Å². The Morgan fingerprint density at radius 3 is 2.45 bits per heavy atom. The zero-order chi connectivity index (χ0) is 23.4. The first kappa shape index (κ1) is 23.4. The summed E-state index contributed by atoms with van der Waals surface area (Å²) in [6, 6.07) is 20.1. The van der Waals surface area contributed by atoms with Crippen molar-refractivity contribution >= 4 is 16.8 Å². The molecule has 2 heterocycles.